The summed E-state index contributed by atoms with van der Waals surface area (Å²) in [5.74, 6) is 0.0970. The Bertz CT molecular complexity index is 1300. The van der Waals surface area contributed by atoms with Crippen LogP contribution in [0.3, 0.4) is 0 Å². The number of benzene rings is 4. The van der Waals surface area contributed by atoms with E-state index in [1.165, 1.54) is 0 Å². The fourth-order valence-electron chi connectivity index (χ4n) is 4.05. The minimum Gasteiger partial charge on any atom is -0.483 e. The third-order valence-electron chi connectivity index (χ3n) is 5.89. The highest BCUT2D eigenvalue weighted by molar-refractivity contribution is 9.10. The van der Waals surface area contributed by atoms with Crippen molar-refractivity contribution in [2.75, 3.05) is 13.7 Å². The minimum atomic E-state index is -0.682. The Morgan fingerprint density at radius 1 is 0.857 bits per heavy atom. The van der Waals surface area contributed by atoms with Crippen molar-refractivity contribution >= 4 is 38.5 Å². The summed E-state index contributed by atoms with van der Waals surface area (Å²) in [5, 5.41) is 4.81. The van der Waals surface area contributed by atoms with Crippen molar-refractivity contribution < 1.29 is 14.3 Å². The van der Waals surface area contributed by atoms with Gasteiger partial charge in [-0.1, -0.05) is 91.0 Å². The molecular formula is C29H27BrN2O3. The van der Waals surface area contributed by atoms with E-state index in [0.717, 1.165) is 26.4 Å². The number of fused-ring (bicyclic) bond motifs is 1. The minimum absolute atomic E-state index is 0.188. The Kier molecular flexibility index (Phi) is 8.16. The quantitative estimate of drug-likeness (QED) is 0.316. The second kappa shape index (κ2) is 11.7. The summed E-state index contributed by atoms with van der Waals surface area (Å²) in [7, 11) is 1.59. The smallest absolute Gasteiger partial charge is 0.261 e. The average Bonchev–Trinajstić information content (AvgIpc) is 2.91. The summed E-state index contributed by atoms with van der Waals surface area (Å²) in [4.78, 5) is 28.1. The summed E-state index contributed by atoms with van der Waals surface area (Å²) >= 11 is 3.62. The van der Waals surface area contributed by atoms with E-state index in [0.29, 0.717) is 18.7 Å². The van der Waals surface area contributed by atoms with E-state index >= 15 is 0 Å². The zero-order chi connectivity index (χ0) is 24.6. The molecule has 2 amide bonds. The molecule has 4 aromatic carbocycles. The Balaban J connectivity index is 1.60. The van der Waals surface area contributed by atoms with E-state index in [9.17, 15) is 9.59 Å². The summed E-state index contributed by atoms with van der Waals surface area (Å²) in [6.07, 6.45) is 0.402. The first-order valence-corrected chi connectivity index (χ1v) is 12.2. The lowest BCUT2D eigenvalue weighted by Gasteiger charge is -2.31. The molecule has 0 fully saturated rings. The SMILES string of the molecule is CNC(=O)[C@H](Cc1ccccc1)N(Cc1ccccc1)C(=O)COc1ccc2ccccc2c1Br. The van der Waals surface area contributed by atoms with Crippen LogP contribution in [-0.2, 0) is 22.6 Å². The van der Waals surface area contributed by atoms with Gasteiger partial charge in [0.25, 0.3) is 5.91 Å². The molecule has 4 rings (SSSR count). The molecule has 0 spiro atoms. The summed E-state index contributed by atoms with van der Waals surface area (Å²) in [6, 6.07) is 30.5. The molecule has 0 aliphatic rings. The van der Waals surface area contributed by atoms with E-state index in [2.05, 4.69) is 21.2 Å². The molecule has 0 saturated heterocycles. The van der Waals surface area contributed by atoms with Crippen LogP contribution in [0.5, 0.6) is 5.75 Å². The molecule has 0 aliphatic heterocycles. The van der Waals surface area contributed by atoms with Gasteiger partial charge in [0, 0.05) is 20.0 Å². The van der Waals surface area contributed by atoms with Gasteiger partial charge in [0.05, 0.1) is 4.47 Å². The van der Waals surface area contributed by atoms with E-state index in [-0.39, 0.29) is 18.4 Å². The van der Waals surface area contributed by atoms with Crippen LogP contribution < -0.4 is 10.1 Å². The van der Waals surface area contributed by atoms with Gasteiger partial charge in [-0.25, -0.2) is 0 Å². The Hall–Kier alpha value is -3.64. The first kappa shape index (κ1) is 24.5. The molecule has 1 atom stereocenters. The van der Waals surface area contributed by atoms with Gasteiger partial charge in [0.2, 0.25) is 5.91 Å². The number of nitrogens with zero attached hydrogens (tertiary/aromatic N) is 1. The van der Waals surface area contributed by atoms with E-state index in [4.69, 9.17) is 4.74 Å². The number of halogens is 1. The van der Waals surface area contributed by atoms with E-state index < -0.39 is 6.04 Å². The largest absolute Gasteiger partial charge is 0.483 e. The predicted octanol–water partition coefficient (Wildman–Crippen LogP) is 5.37. The van der Waals surface area contributed by atoms with Crippen molar-refractivity contribution in [2.24, 2.45) is 0 Å². The van der Waals surface area contributed by atoms with Crippen LogP contribution in [0.1, 0.15) is 11.1 Å². The number of nitrogens with one attached hydrogen (secondary N) is 1. The van der Waals surface area contributed by atoms with Gasteiger partial charge in [-0.15, -0.1) is 0 Å². The highest BCUT2D eigenvalue weighted by atomic mass is 79.9. The standard InChI is InChI=1S/C29H27BrN2O3/c1-31-29(34)25(18-21-10-4-2-5-11-21)32(19-22-12-6-3-7-13-22)27(33)20-35-26-17-16-23-14-8-9-15-24(23)28(26)30/h2-17,25H,18-20H2,1H3,(H,31,34)/t25-/m0/s1. The Morgan fingerprint density at radius 3 is 2.17 bits per heavy atom. The molecule has 0 aromatic heterocycles. The van der Waals surface area contributed by atoms with Gasteiger partial charge in [0.1, 0.15) is 11.8 Å². The van der Waals surface area contributed by atoms with Gasteiger partial charge in [0.15, 0.2) is 6.61 Å². The van der Waals surface area contributed by atoms with Crippen LogP contribution in [0, 0.1) is 0 Å². The van der Waals surface area contributed by atoms with Crippen LogP contribution in [0.4, 0.5) is 0 Å². The van der Waals surface area contributed by atoms with Crippen LogP contribution in [0.25, 0.3) is 10.8 Å². The monoisotopic (exact) mass is 530 g/mol. The highest BCUT2D eigenvalue weighted by Crippen LogP contribution is 2.33. The third-order valence-corrected chi connectivity index (χ3v) is 6.71. The van der Waals surface area contributed by atoms with Crippen molar-refractivity contribution in [3.8, 4) is 5.75 Å². The molecule has 35 heavy (non-hydrogen) atoms. The van der Waals surface area contributed by atoms with Crippen LogP contribution in [-0.4, -0.2) is 36.4 Å². The molecule has 5 nitrogen and oxygen atoms in total. The van der Waals surface area contributed by atoms with Gasteiger partial charge in [-0.2, -0.15) is 0 Å². The lowest BCUT2D eigenvalue weighted by molar-refractivity contribution is -0.142. The molecule has 6 heteroatoms. The normalized spacial score (nSPS) is 11.6. The van der Waals surface area contributed by atoms with Crippen molar-refractivity contribution in [1.29, 1.82) is 0 Å². The topological polar surface area (TPSA) is 58.6 Å². The molecule has 0 saturated carbocycles. The first-order valence-electron chi connectivity index (χ1n) is 11.5. The Morgan fingerprint density at radius 2 is 1.49 bits per heavy atom. The lowest BCUT2D eigenvalue weighted by atomic mass is 10.0. The third kappa shape index (κ3) is 6.08. The summed E-state index contributed by atoms with van der Waals surface area (Å²) < 4.78 is 6.77. The predicted molar refractivity (Wildman–Crippen MR) is 142 cm³/mol. The summed E-state index contributed by atoms with van der Waals surface area (Å²) in [5.41, 5.74) is 1.92. The molecule has 1 N–H and O–H groups in total. The van der Waals surface area contributed by atoms with Crippen LogP contribution in [0.15, 0.2) is 102 Å². The van der Waals surface area contributed by atoms with Crippen LogP contribution >= 0.6 is 15.9 Å². The number of hydrogen-bond acceptors (Lipinski definition) is 3. The second-order valence-corrected chi connectivity index (χ2v) is 9.01. The van der Waals surface area contributed by atoms with Gasteiger partial charge in [-0.3, -0.25) is 9.59 Å². The molecule has 0 aliphatic carbocycles. The molecule has 0 unspecified atom stereocenters. The number of ether oxygens (including phenoxy) is 1. The highest BCUT2D eigenvalue weighted by Gasteiger charge is 2.30. The fourth-order valence-corrected chi connectivity index (χ4v) is 4.66. The van der Waals surface area contributed by atoms with Crippen molar-refractivity contribution in [3.63, 3.8) is 0 Å². The van der Waals surface area contributed by atoms with Crippen molar-refractivity contribution in [3.05, 3.63) is 113 Å². The van der Waals surface area contributed by atoms with Crippen molar-refractivity contribution in [1.82, 2.24) is 10.2 Å². The zero-order valence-electron chi connectivity index (χ0n) is 19.5. The van der Waals surface area contributed by atoms with E-state index in [1.807, 2.05) is 97.1 Å². The maximum atomic E-state index is 13.6. The Labute approximate surface area is 213 Å². The second-order valence-electron chi connectivity index (χ2n) is 8.21. The number of hydrogen-bond donors (Lipinski definition) is 1. The molecule has 4 aromatic rings. The van der Waals surface area contributed by atoms with E-state index in [1.54, 1.807) is 11.9 Å². The first-order chi connectivity index (χ1) is 17.1. The molecule has 0 bridgehead atoms. The zero-order valence-corrected chi connectivity index (χ0v) is 21.1. The van der Waals surface area contributed by atoms with Crippen LogP contribution in [0.2, 0.25) is 0 Å². The maximum Gasteiger partial charge on any atom is 0.261 e. The van der Waals surface area contributed by atoms with Gasteiger partial charge in [-0.05, 0) is 43.9 Å². The van der Waals surface area contributed by atoms with Gasteiger partial charge < -0.3 is 15.0 Å². The number of likely N-dealkylation sites (N-methyl/N-ethyl adjacent to an activating group) is 1. The van der Waals surface area contributed by atoms with Gasteiger partial charge >= 0.3 is 0 Å². The fraction of sp³-hybridized carbons (Fsp3) is 0.172. The number of rotatable bonds is 9. The number of carbonyl (C=O) groups is 2. The molecular weight excluding hydrogens is 504 g/mol. The summed E-state index contributed by atoms with van der Waals surface area (Å²) in [6.45, 7) is 0.110. The van der Waals surface area contributed by atoms with Crippen molar-refractivity contribution in [2.45, 2.75) is 19.0 Å². The maximum absolute atomic E-state index is 13.6. The lowest BCUT2D eigenvalue weighted by Crippen LogP contribution is -2.51. The molecule has 0 radical (unpaired) electrons. The number of amides is 2. The molecule has 178 valence electrons. The average molecular weight is 531 g/mol. The number of carbonyl (C=O) groups excluding carboxylic acids is 2. The molecule has 0 heterocycles.